The van der Waals surface area contributed by atoms with Gasteiger partial charge in [0.2, 0.25) is 20.0 Å². The zero-order valence-electron chi connectivity index (χ0n) is 14.7. The maximum absolute atomic E-state index is 14.0. The van der Waals surface area contributed by atoms with E-state index >= 15 is 0 Å². The van der Waals surface area contributed by atoms with Crippen molar-refractivity contribution in [2.75, 3.05) is 26.5 Å². The van der Waals surface area contributed by atoms with Crippen molar-refractivity contribution in [3.63, 3.8) is 0 Å². The molecule has 0 aliphatic rings. The Hall–Kier alpha value is -2.34. The number of rotatable bonds is 6. The number of amides is 1. The second-order valence-electron chi connectivity index (χ2n) is 5.62. The molecule has 0 saturated heterocycles. The largest absolute Gasteiger partial charge is 0.322 e. The van der Waals surface area contributed by atoms with Gasteiger partial charge in [0, 0.05) is 19.8 Å². The molecule has 0 heterocycles. The molecule has 0 spiro atoms. The highest BCUT2D eigenvalue weighted by Crippen LogP contribution is 2.20. The van der Waals surface area contributed by atoms with Gasteiger partial charge in [-0.05, 0) is 43.4 Å². The number of hydrogen-bond acceptors (Lipinski definition) is 5. The minimum atomic E-state index is -3.86. The molecule has 0 radical (unpaired) electrons. The Morgan fingerprint density at radius 2 is 1.67 bits per heavy atom. The second kappa shape index (κ2) is 7.72. The third-order valence-electron chi connectivity index (χ3n) is 3.63. The van der Waals surface area contributed by atoms with Crippen LogP contribution in [0.25, 0.3) is 0 Å². The number of anilines is 1. The summed E-state index contributed by atoms with van der Waals surface area (Å²) < 4.78 is 65.1. The van der Waals surface area contributed by atoms with Gasteiger partial charge in [0.1, 0.15) is 5.82 Å². The molecule has 8 nitrogen and oxygen atoms in total. The maximum atomic E-state index is 14.0. The number of sulfonamides is 2. The zero-order chi connectivity index (χ0) is 20.4. The fraction of sp³-hybridized carbons (Fsp3) is 0.188. The standard InChI is InChI=1S/C16H18FN3O5S2/c1-18-26(22,23)12-7-8-15(17)14(10-12)16(21)19-11-5-4-6-13(9-11)27(24,25)20(2)3/h4-10,18H,1-3H3,(H,19,21). The van der Waals surface area contributed by atoms with Crippen molar-refractivity contribution in [1.82, 2.24) is 9.03 Å². The van der Waals surface area contributed by atoms with E-state index in [1.165, 1.54) is 45.4 Å². The predicted octanol–water partition coefficient (Wildman–Crippen LogP) is 1.24. The van der Waals surface area contributed by atoms with Crippen LogP contribution in [0.5, 0.6) is 0 Å². The number of halogens is 1. The average molecular weight is 415 g/mol. The predicted molar refractivity (Wildman–Crippen MR) is 97.9 cm³/mol. The van der Waals surface area contributed by atoms with Crippen molar-refractivity contribution in [2.24, 2.45) is 0 Å². The molecular formula is C16H18FN3O5S2. The summed E-state index contributed by atoms with van der Waals surface area (Å²) in [6, 6.07) is 8.22. The Morgan fingerprint density at radius 3 is 2.26 bits per heavy atom. The van der Waals surface area contributed by atoms with E-state index in [4.69, 9.17) is 0 Å². The van der Waals surface area contributed by atoms with E-state index in [9.17, 15) is 26.0 Å². The van der Waals surface area contributed by atoms with Gasteiger partial charge in [-0.15, -0.1) is 0 Å². The van der Waals surface area contributed by atoms with E-state index < -0.39 is 37.3 Å². The van der Waals surface area contributed by atoms with Crippen LogP contribution in [-0.4, -0.2) is 48.2 Å². The normalized spacial score (nSPS) is 12.2. The Balaban J connectivity index is 2.38. The minimum Gasteiger partial charge on any atom is -0.322 e. The van der Waals surface area contributed by atoms with Gasteiger partial charge < -0.3 is 5.32 Å². The highest BCUT2D eigenvalue weighted by Gasteiger charge is 2.20. The monoisotopic (exact) mass is 415 g/mol. The molecular weight excluding hydrogens is 397 g/mol. The highest BCUT2D eigenvalue weighted by atomic mass is 32.2. The van der Waals surface area contributed by atoms with Crippen LogP contribution in [0.2, 0.25) is 0 Å². The van der Waals surface area contributed by atoms with E-state index in [0.717, 1.165) is 22.5 Å². The van der Waals surface area contributed by atoms with Gasteiger partial charge in [-0.25, -0.2) is 30.3 Å². The molecule has 11 heteroatoms. The molecule has 0 saturated carbocycles. The summed E-state index contributed by atoms with van der Waals surface area (Å²) in [5, 5.41) is 2.37. The molecule has 0 aliphatic carbocycles. The number of carbonyl (C=O) groups excluding carboxylic acids is 1. The Kier molecular flexibility index (Phi) is 6.00. The molecule has 0 aromatic heterocycles. The summed E-state index contributed by atoms with van der Waals surface area (Å²) in [6.07, 6.45) is 0. The molecule has 0 fully saturated rings. The average Bonchev–Trinajstić information content (AvgIpc) is 2.61. The van der Waals surface area contributed by atoms with Gasteiger partial charge in [-0.3, -0.25) is 4.79 Å². The number of carbonyl (C=O) groups is 1. The van der Waals surface area contributed by atoms with Crippen LogP contribution in [0.1, 0.15) is 10.4 Å². The van der Waals surface area contributed by atoms with Crippen molar-refractivity contribution in [3.8, 4) is 0 Å². The molecule has 2 aromatic rings. The molecule has 1 amide bonds. The van der Waals surface area contributed by atoms with Gasteiger partial charge >= 0.3 is 0 Å². The molecule has 146 valence electrons. The van der Waals surface area contributed by atoms with Crippen LogP contribution < -0.4 is 10.0 Å². The number of nitrogens with one attached hydrogen (secondary N) is 2. The highest BCUT2D eigenvalue weighted by molar-refractivity contribution is 7.89. The van der Waals surface area contributed by atoms with Crippen molar-refractivity contribution in [2.45, 2.75) is 9.79 Å². The van der Waals surface area contributed by atoms with Gasteiger partial charge in [0.15, 0.2) is 0 Å². The Bertz CT molecular complexity index is 1080. The lowest BCUT2D eigenvalue weighted by Crippen LogP contribution is -2.22. The SMILES string of the molecule is CNS(=O)(=O)c1ccc(F)c(C(=O)Nc2cccc(S(=O)(=O)N(C)C)c2)c1. The number of benzene rings is 2. The van der Waals surface area contributed by atoms with E-state index in [0.29, 0.717) is 0 Å². The van der Waals surface area contributed by atoms with Gasteiger partial charge in [0.25, 0.3) is 5.91 Å². The fourth-order valence-corrected chi connectivity index (χ4v) is 3.81. The quantitative estimate of drug-likeness (QED) is 0.737. The molecule has 0 unspecified atom stereocenters. The van der Waals surface area contributed by atoms with E-state index in [2.05, 4.69) is 10.0 Å². The van der Waals surface area contributed by atoms with Crippen molar-refractivity contribution < 1.29 is 26.0 Å². The molecule has 2 aromatic carbocycles. The lowest BCUT2D eigenvalue weighted by molar-refractivity contribution is 0.102. The minimum absolute atomic E-state index is 0.0581. The van der Waals surface area contributed by atoms with E-state index in [-0.39, 0.29) is 15.5 Å². The van der Waals surface area contributed by atoms with Gasteiger partial charge in [-0.1, -0.05) is 6.07 Å². The van der Waals surface area contributed by atoms with Crippen LogP contribution in [-0.2, 0) is 20.0 Å². The first-order valence-corrected chi connectivity index (χ1v) is 10.5. The van der Waals surface area contributed by atoms with Crippen LogP contribution in [0.4, 0.5) is 10.1 Å². The van der Waals surface area contributed by atoms with Crippen LogP contribution in [0, 0.1) is 5.82 Å². The lowest BCUT2D eigenvalue weighted by Gasteiger charge is -2.13. The van der Waals surface area contributed by atoms with Crippen molar-refractivity contribution >= 4 is 31.6 Å². The third-order valence-corrected chi connectivity index (χ3v) is 6.86. The topological polar surface area (TPSA) is 113 Å². The van der Waals surface area contributed by atoms with Crippen LogP contribution in [0.15, 0.2) is 52.3 Å². The van der Waals surface area contributed by atoms with Gasteiger partial charge in [0.05, 0.1) is 15.4 Å². The van der Waals surface area contributed by atoms with Crippen LogP contribution in [0.3, 0.4) is 0 Å². The molecule has 0 bridgehead atoms. The van der Waals surface area contributed by atoms with E-state index in [1.54, 1.807) is 0 Å². The Labute approximate surface area is 157 Å². The summed E-state index contributed by atoms with van der Waals surface area (Å²) in [6.45, 7) is 0. The molecule has 2 N–H and O–H groups in total. The first kappa shape index (κ1) is 21.0. The summed E-state index contributed by atoms with van der Waals surface area (Å²) in [4.78, 5) is 12.0. The van der Waals surface area contributed by atoms with Crippen LogP contribution >= 0.6 is 0 Å². The Morgan fingerprint density at radius 1 is 1.00 bits per heavy atom. The summed E-state index contributed by atoms with van der Waals surface area (Å²) >= 11 is 0. The third kappa shape index (κ3) is 4.50. The summed E-state index contributed by atoms with van der Waals surface area (Å²) in [5.74, 6) is -1.83. The summed E-state index contributed by atoms with van der Waals surface area (Å²) in [7, 11) is -3.66. The number of hydrogen-bond donors (Lipinski definition) is 2. The molecule has 0 aliphatic heterocycles. The lowest BCUT2D eigenvalue weighted by atomic mass is 10.2. The molecule has 0 atom stereocenters. The zero-order valence-corrected chi connectivity index (χ0v) is 16.4. The maximum Gasteiger partial charge on any atom is 0.258 e. The smallest absolute Gasteiger partial charge is 0.258 e. The molecule has 2 rings (SSSR count). The summed E-state index contributed by atoms with van der Waals surface area (Å²) in [5.41, 5.74) is -0.378. The van der Waals surface area contributed by atoms with Crippen molar-refractivity contribution in [3.05, 3.63) is 53.8 Å². The first-order chi connectivity index (χ1) is 12.5. The second-order valence-corrected chi connectivity index (χ2v) is 9.66. The fourth-order valence-electron chi connectivity index (χ4n) is 2.11. The van der Waals surface area contributed by atoms with Crippen molar-refractivity contribution in [1.29, 1.82) is 0 Å². The van der Waals surface area contributed by atoms with Gasteiger partial charge in [-0.2, -0.15) is 0 Å². The number of nitrogens with zero attached hydrogens (tertiary/aromatic N) is 1. The first-order valence-electron chi connectivity index (χ1n) is 7.56. The van der Waals surface area contributed by atoms with E-state index in [1.807, 2.05) is 0 Å². The molecule has 27 heavy (non-hydrogen) atoms.